The summed E-state index contributed by atoms with van der Waals surface area (Å²) in [6, 6.07) is 16.1. The Morgan fingerprint density at radius 1 is 1.07 bits per heavy atom. The number of halogens is 1. The van der Waals surface area contributed by atoms with Crippen LogP contribution in [-0.4, -0.2) is 29.4 Å². The monoisotopic (exact) mass is 409 g/mol. The van der Waals surface area contributed by atoms with E-state index in [1.165, 1.54) is 18.2 Å². The van der Waals surface area contributed by atoms with Crippen LogP contribution in [0.5, 0.6) is 0 Å². The molecule has 7 nitrogen and oxygen atoms in total. The Balaban J connectivity index is 1.64. The number of benzene rings is 2. The molecule has 8 heteroatoms. The molecule has 3 rings (SSSR count). The zero-order chi connectivity index (χ0) is 21.5. The van der Waals surface area contributed by atoms with E-state index in [2.05, 4.69) is 10.3 Å². The minimum absolute atomic E-state index is 0.0224. The van der Waals surface area contributed by atoms with Crippen LogP contribution in [0.3, 0.4) is 0 Å². The van der Waals surface area contributed by atoms with E-state index < -0.39 is 17.7 Å². The molecule has 0 fully saturated rings. The summed E-state index contributed by atoms with van der Waals surface area (Å²) in [6.07, 6.45) is 0.0468. The minimum atomic E-state index is -0.857. The van der Waals surface area contributed by atoms with E-state index in [1.807, 2.05) is 0 Å². The lowest BCUT2D eigenvalue weighted by Gasteiger charge is -2.05. The number of carbonyl (C=O) groups excluding carboxylic acids is 1. The van der Waals surface area contributed by atoms with Crippen LogP contribution in [0, 0.1) is 5.82 Å². The number of nitrogens with two attached hydrogens (primary N) is 1. The van der Waals surface area contributed by atoms with Crippen LogP contribution in [0.15, 0.2) is 70.1 Å². The van der Waals surface area contributed by atoms with Crippen molar-refractivity contribution >= 4 is 17.7 Å². The molecule has 0 unspecified atom stereocenters. The molecule has 0 spiro atoms. The van der Waals surface area contributed by atoms with Crippen molar-refractivity contribution in [1.29, 1.82) is 0 Å². The first-order valence-electron chi connectivity index (χ1n) is 9.19. The van der Waals surface area contributed by atoms with Gasteiger partial charge in [-0.3, -0.25) is 9.59 Å². The number of amides is 1. The van der Waals surface area contributed by atoms with Crippen LogP contribution < -0.4 is 11.1 Å². The SMILES string of the molecule is NC(=NC(=O)c1ccc(-c2ccccc2F)o1)c1ccc(CNCCC(=O)O)cc1. The second-order valence-electron chi connectivity index (χ2n) is 6.46. The first-order valence-corrected chi connectivity index (χ1v) is 9.19. The van der Waals surface area contributed by atoms with Crippen molar-refractivity contribution < 1.29 is 23.5 Å². The van der Waals surface area contributed by atoms with Crippen molar-refractivity contribution in [2.75, 3.05) is 6.54 Å². The molecule has 30 heavy (non-hydrogen) atoms. The molecule has 0 radical (unpaired) electrons. The van der Waals surface area contributed by atoms with Crippen LogP contribution in [-0.2, 0) is 11.3 Å². The lowest BCUT2D eigenvalue weighted by molar-refractivity contribution is -0.136. The fourth-order valence-corrected chi connectivity index (χ4v) is 2.71. The highest BCUT2D eigenvalue weighted by Gasteiger charge is 2.14. The number of aliphatic imine (C=N–C) groups is 1. The second-order valence-corrected chi connectivity index (χ2v) is 6.46. The third-order valence-corrected chi connectivity index (χ3v) is 4.27. The van der Waals surface area contributed by atoms with Crippen LogP contribution >= 0.6 is 0 Å². The molecule has 1 heterocycles. The van der Waals surface area contributed by atoms with Crippen molar-refractivity contribution in [1.82, 2.24) is 5.32 Å². The summed E-state index contributed by atoms with van der Waals surface area (Å²) in [6.45, 7) is 0.877. The van der Waals surface area contributed by atoms with E-state index in [0.29, 0.717) is 18.7 Å². The number of carboxylic acids is 1. The second kappa shape index (κ2) is 9.62. The van der Waals surface area contributed by atoms with Crippen molar-refractivity contribution in [3.63, 3.8) is 0 Å². The van der Waals surface area contributed by atoms with E-state index in [0.717, 1.165) is 5.56 Å². The molecule has 0 atom stereocenters. The number of aliphatic carboxylic acids is 1. The Bertz CT molecular complexity index is 1070. The minimum Gasteiger partial charge on any atom is -0.481 e. The molecule has 4 N–H and O–H groups in total. The number of carbonyl (C=O) groups is 2. The zero-order valence-corrected chi connectivity index (χ0v) is 16.0. The molecule has 2 aromatic carbocycles. The molecule has 154 valence electrons. The van der Waals surface area contributed by atoms with Crippen LogP contribution in [0.2, 0.25) is 0 Å². The number of hydrogen-bond donors (Lipinski definition) is 3. The Hall–Kier alpha value is -3.78. The predicted molar refractivity (Wildman–Crippen MR) is 110 cm³/mol. The van der Waals surface area contributed by atoms with E-state index >= 15 is 0 Å². The number of nitrogens with one attached hydrogen (secondary N) is 1. The highest BCUT2D eigenvalue weighted by atomic mass is 19.1. The highest BCUT2D eigenvalue weighted by molar-refractivity contribution is 6.08. The highest BCUT2D eigenvalue weighted by Crippen LogP contribution is 2.25. The molecule has 3 aromatic rings. The fraction of sp³-hybridized carbons (Fsp3) is 0.136. The Morgan fingerprint density at radius 2 is 1.80 bits per heavy atom. The summed E-state index contributed by atoms with van der Waals surface area (Å²) >= 11 is 0. The van der Waals surface area contributed by atoms with Crippen LogP contribution in [0.1, 0.15) is 28.1 Å². The van der Waals surface area contributed by atoms with Crippen LogP contribution in [0.25, 0.3) is 11.3 Å². The Kier molecular flexibility index (Phi) is 6.71. The average molecular weight is 409 g/mol. The van der Waals surface area contributed by atoms with Crippen LogP contribution in [0.4, 0.5) is 4.39 Å². The number of furan rings is 1. The average Bonchev–Trinajstić information content (AvgIpc) is 3.22. The summed E-state index contributed by atoms with van der Waals surface area (Å²) in [7, 11) is 0. The normalized spacial score (nSPS) is 11.4. The van der Waals surface area contributed by atoms with Gasteiger partial charge in [-0.25, -0.2) is 4.39 Å². The summed E-state index contributed by atoms with van der Waals surface area (Å²) in [4.78, 5) is 26.7. The molecule has 0 saturated carbocycles. The predicted octanol–water partition coefficient (Wildman–Crippen LogP) is 3.20. The van der Waals surface area contributed by atoms with Gasteiger partial charge < -0.3 is 20.6 Å². The molecular weight excluding hydrogens is 389 g/mol. The smallest absolute Gasteiger partial charge is 0.314 e. The summed E-state index contributed by atoms with van der Waals surface area (Å²) in [5.41, 5.74) is 7.67. The summed E-state index contributed by atoms with van der Waals surface area (Å²) in [5, 5.41) is 11.6. The van der Waals surface area contributed by atoms with Crippen molar-refractivity contribution in [2.24, 2.45) is 10.7 Å². The van der Waals surface area contributed by atoms with Crippen molar-refractivity contribution in [3.8, 4) is 11.3 Å². The molecule has 0 aliphatic rings. The van der Waals surface area contributed by atoms with Gasteiger partial charge in [-0.15, -0.1) is 0 Å². The van der Waals surface area contributed by atoms with E-state index in [9.17, 15) is 14.0 Å². The molecule has 0 aliphatic carbocycles. The van der Waals surface area contributed by atoms with Gasteiger partial charge in [0.25, 0.3) is 0 Å². The quantitative estimate of drug-likeness (QED) is 0.299. The maximum atomic E-state index is 13.9. The molecule has 1 amide bonds. The van der Waals surface area contributed by atoms with Gasteiger partial charge in [0, 0.05) is 18.7 Å². The molecule has 0 aliphatic heterocycles. The molecule has 0 bridgehead atoms. The van der Waals surface area contributed by atoms with Gasteiger partial charge in [-0.05, 0) is 29.8 Å². The summed E-state index contributed by atoms with van der Waals surface area (Å²) < 4.78 is 19.3. The number of hydrogen-bond acceptors (Lipinski definition) is 4. The Labute approximate surface area is 172 Å². The summed E-state index contributed by atoms with van der Waals surface area (Å²) in [5.74, 6) is -1.78. The Morgan fingerprint density at radius 3 is 2.50 bits per heavy atom. The third-order valence-electron chi connectivity index (χ3n) is 4.27. The maximum absolute atomic E-state index is 13.9. The number of rotatable bonds is 8. The zero-order valence-electron chi connectivity index (χ0n) is 16.0. The van der Waals surface area contributed by atoms with Gasteiger partial charge >= 0.3 is 11.9 Å². The number of nitrogens with zero attached hydrogens (tertiary/aromatic N) is 1. The fourth-order valence-electron chi connectivity index (χ4n) is 2.71. The molecule has 0 saturated heterocycles. The number of amidine groups is 1. The molecular formula is C22H20FN3O4. The van der Waals surface area contributed by atoms with Gasteiger partial charge in [0.1, 0.15) is 17.4 Å². The van der Waals surface area contributed by atoms with E-state index in [4.69, 9.17) is 15.3 Å². The van der Waals surface area contributed by atoms with Gasteiger partial charge in [-0.1, -0.05) is 36.4 Å². The van der Waals surface area contributed by atoms with Gasteiger partial charge in [0.05, 0.1) is 12.0 Å². The third kappa shape index (κ3) is 5.39. The topological polar surface area (TPSA) is 118 Å². The van der Waals surface area contributed by atoms with E-state index in [-0.39, 0.29) is 29.3 Å². The van der Waals surface area contributed by atoms with Crippen molar-refractivity contribution in [2.45, 2.75) is 13.0 Å². The number of carboxylic acid groups (broad SMARTS) is 1. The lowest BCUT2D eigenvalue weighted by Crippen LogP contribution is -2.18. The largest absolute Gasteiger partial charge is 0.481 e. The van der Waals surface area contributed by atoms with Crippen molar-refractivity contribution in [3.05, 3.63) is 83.4 Å². The standard InChI is InChI=1S/C22H20FN3O4/c23-17-4-2-1-3-16(17)18-9-10-19(30-18)22(29)26-21(24)15-7-5-14(6-8-15)13-25-12-11-20(27)28/h1-10,25H,11-13H2,(H,27,28)(H2,24,26,29). The first kappa shape index (κ1) is 20.9. The lowest BCUT2D eigenvalue weighted by atomic mass is 10.1. The van der Waals surface area contributed by atoms with Gasteiger partial charge in [0.15, 0.2) is 5.76 Å². The first-order chi connectivity index (χ1) is 14.4. The molecule has 1 aromatic heterocycles. The van der Waals surface area contributed by atoms with Gasteiger partial charge in [0.2, 0.25) is 0 Å². The van der Waals surface area contributed by atoms with Gasteiger partial charge in [-0.2, -0.15) is 4.99 Å². The maximum Gasteiger partial charge on any atom is 0.314 e. The van der Waals surface area contributed by atoms with E-state index in [1.54, 1.807) is 42.5 Å².